The van der Waals surface area contributed by atoms with Gasteiger partial charge < -0.3 is 20.3 Å². The number of aromatic nitrogens is 2. The molecule has 0 aliphatic carbocycles. The first-order chi connectivity index (χ1) is 17.9. The van der Waals surface area contributed by atoms with Crippen molar-refractivity contribution in [1.82, 2.24) is 24.7 Å². The smallest absolute Gasteiger partial charge is 0.331 e. The number of likely N-dealkylation sites (tertiary alicyclic amines) is 1. The molecule has 2 amide bonds. The van der Waals surface area contributed by atoms with Crippen molar-refractivity contribution in [2.24, 2.45) is 7.05 Å². The molecular weight excluding hydrogens is 494 g/mol. The summed E-state index contributed by atoms with van der Waals surface area (Å²) < 4.78 is 7.69. The average Bonchev–Trinajstić information content (AvgIpc) is 3.38. The van der Waals surface area contributed by atoms with Crippen molar-refractivity contribution in [3.63, 3.8) is 0 Å². The number of amides is 2. The molecule has 2 aromatic heterocycles. The molecule has 4 rings (SSSR count). The number of fused-ring (bicyclic) bond motifs is 1. The molecule has 3 heterocycles. The number of carbonyl (C=O) groups excluding carboxylic acids is 2. The highest BCUT2D eigenvalue weighted by Crippen LogP contribution is 2.22. The van der Waals surface area contributed by atoms with Gasteiger partial charge in [-0.25, -0.2) is 4.79 Å². The molecule has 0 saturated carbocycles. The Morgan fingerprint density at radius 2 is 1.84 bits per heavy atom. The van der Waals surface area contributed by atoms with Crippen molar-refractivity contribution in [3.05, 3.63) is 61.6 Å². The van der Waals surface area contributed by atoms with E-state index in [4.69, 9.17) is 4.74 Å². The number of aryl methyl sites for hydroxylation is 1. The zero-order chi connectivity index (χ0) is 26.4. The van der Waals surface area contributed by atoms with Crippen LogP contribution in [0.3, 0.4) is 0 Å². The molecule has 1 saturated heterocycles. The lowest BCUT2D eigenvalue weighted by atomic mass is 10.1. The Balaban J connectivity index is 1.39. The monoisotopic (exact) mass is 527 g/mol. The molecule has 1 aliphatic rings. The number of methoxy groups -OCH3 is 1. The van der Waals surface area contributed by atoms with Crippen LogP contribution in [0.5, 0.6) is 5.75 Å². The van der Waals surface area contributed by atoms with E-state index in [-0.39, 0.29) is 24.9 Å². The molecule has 0 radical (unpaired) electrons. The molecule has 0 unspecified atom stereocenters. The van der Waals surface area contributed by atoms with E-state index in [0.717, 1.165) is 41.1 Å². The van der Waals surface area contributed by atoms with Crippen molar-refractivity contribution in [1.29, 1.82) is 0 Å². The van der Waals surface area contributed by atoms with Crippen LogP contribution in [0.2, 0.25) is 0 Å². The maximum Gasteiger partial charge on any atom is 0.331 e. The number of benzene rings is 1. The largest absolute Gasteiger partial charge is 0.497 e. The number of nitrogens with zero attached hydrogens (tertiary/aromatic N) is 3. The standard InChI is InChI=1S/C26H33N5O5S/c1-29-25-20(16-21(37-25)23(33)28-17-18-7-6-8-19(15-18)36-2)24(34)31(26(29)35)14-10-27-22(32)9-13-30-11-4-3-5-12-30/h6-8,15-16H,3-5,9-14,17H2,1-2H3,(H,27,32)(H,28,33). The topological polar surface area (TPSA) is 115 Å². The molecule has 1 aromatic carbocycles. The van der Waals surface area contributed by atoms with E-state index in [1.54, 1.807) is 14.2 Å². The van der Waals surface area contributed by atoms with Crippen LogP contribution in [0.15, 0.2) is 39.9 Å². The lowest BCUT2D eigenvalue weighted by Gasteiger charge is -2.25. The quantitative estimate of drug-likeness (QED) is 0.415. The van der Waals surface area contributed by atoms with Crippen molar-refractivity contribution < 1.29 is 14.3 Å². The van der Waals surface area contributed by atoms with E-state index in [9.17, 15) is 19.2 Å². The van der Waals surface area contributed by atoms with Crippen molar-refractivity contribution >= 4 is 33.4 Å². The maximum absolute atomic E-state index is 13.1. The van der Waals surface area contributed by atoms with Crippen molar-refractivity contribution in [2.45, 2.75) is 38.8 Å². The van der Waals surface area contributed by atoms with Gasteiger partial charge in [0.05, 0.1) is 17.4 Å². The van der Waals surface area contributed by atoms with Gasteiger partial charge in [0.15, 0.2) is 0 Å². The third kappa shape index (κ3) is 6.47. The van der Waals surface area contributed by atoms with Crippen LogP contribution < -0.4 is 26.6 Å². The van der Waals surface area contributed by atoms with Gasteiger partial charge in [-0.1, -0.05) is 18.6 Å². The van der Waals surface area contributed by atoms with Gasteiger partial charge in [0.2, 0.25) is 5.91 Å². The van der Waals surface area contributed by atoms with Crippen LogP contribution in [0.1, 0.15) is 40.9 Å². The van der Waals surface area contributed by atoms with Gasteiger partial charge in [0.25, 0.3) is 11.5 Å². The predicted molar refractivity (Wildman–Crippen MR) is 143 cm³/mol. The third-order valence-corrected chi connectivity index (χ3v) is 7.79. The summed E-state index contributed by atoms with van der Waals surface area (Å²) in [6, 6.07) is 8.90. The molecule has 198 valence electrons. The molecule has 2 N–H and O–H groups in total. The Morgan fingerprint density at radius 1 is 1.05 bits per heavy atom. The van der Waals surface area contributed by atoms with E-state index in [1.165, 1.54) is 29.9 Å². The fourth-order valence-electron chi connectivity index (χ4n) is 4.48. The molecule has 37 heavy (non-hydrogen) atoms. The van der Waals surface area contributed by atoms with E-state index >= 15 is 0 Å². The van der Waals surface area contributed by atoms with Crippen molar-refractivity contribution in [2.75, 3.05) is 33.3 Å². The molecule has 1 fully saturated rings. The predicted octanol–water partition coefficient (Wildman–Crippen LogP) is 1.69. The lowest BCUT2D eigenvalue weighted by Crippen LogP contribution is -2.42. The van der Waals surface area contributed by atoms with Gasteiger partial charge in [-0.2, -0.15) is 0 Å². The maximum atomic E-state index is 13.1. The number of rotatable bonds is 10. The summed E-state index contributed by atoms with van der Waals surface area (Å²) in [7, 11) is 3.16. The minimum absolute atomic E-state index is 0.0596. The second-order valence-electron chi connectivity index (χ2n) is 9.16. The van der Waals surface area contributed by atoms with Gasteiger partial charge in [0.1, 0.15) is 10.6 Å². The average molecular weight is 528 g/mol. The Morgan fingerprint density at radius 3 is 2.59 bits per heavy atom. The van der Waals surface area contributed by atoms with Gasteiger partial charge >= 0.3 is 5.69 Å². The molecule has 11 heteroatoms. The summed E-state index contributed by atoms with van der Waals surface area (Å²) >= 11 is 1.10. The van der Waals surface area contributed by atoms with Crippen LogP contribution >= 0.6 is 11.3 Å². The Labute approximate surface area is 218 Å². The Hall–Kier alpha value is -3.44. The molecule has 1 aliphatic heterocycles. The molecule has 10 nitrogen and oxygen atoms in total. The number of piperidine rings is 1. The number of thiophene rings is 1. The molecule has 0 atom stereocenters. The number of nitrogens with one attached hydrogen (secondary N) is 2. The Kier molecular flexibility index (Phi) is 8.78. The first kappa shape index (κ1) is 26.6. The van der Waals surface area contributed by atoms with E-state index in [1.807, 2.05) is 24.3 Å². The highest BCUT2D eigenvalue weighted by Gasteiger charge is 2.18. The zero-order valence-corrected chi connectivity index (χ0v) is 22.1. The fraction of sp³-hybridized carbons (Fsp3) is 0.462. The van der Waals surface area contributed by atoms with Gasteiger partial charge in [0, 0.05) is 39.6 Å². The first-order valence-corrected chi connectivity index (χ1v) is 13.3. The highest BCUT2D eigenvalue weighted by atomic mass is 32.1. The molecule has 0 bridgehead atoms. The summed E-state index contributed by atoms with van der Waals surface area (Å²) in [5, 5.41) is 5.96. The third-order valence-electron chi connectivity index (χ3n) is 6.58. The van der Waals surface area contributed by atoms with E-state index < -0.39 is 11.2 Å². The highest BCUT2D eigenvalue weighted by molar-refractivity contribution is 7.20. The first-order valence-electron chi connectivity index (χ1n) is 12.5. The summed E-state index contributed by atoms with van der Waals surface area (Å²) in [4.78, 5) is 54.0. The summed E-state index contributed by atoms with van der Waals surface area (Å²) in [6.07, 6.45) is 3.98. The fourth-order valence-corrected chi connectivity index (χ4v) is 5.50. The van der Waals surface area contributed by atoms with Crippen LogP contribution in [-0.2, 0) is 24.9 Å². The molecule has 3 aromatic rings. The van der Waals surface area contributed by atoms with E-state index in [2.05, 4.69) is 15.5 Å². The summed E-state index contributed by atoms with van der Waals surface area (Å²) in [6.45, 7) is 3.31. The van der Waals surface area contributed by atoms with Gasteiger partial charge in [-0.05, 0) is 49.7 Å². The lowest BCUT2D eigenvalue weighted by molar-refractivity contribution is -0.121. The SMILES string of the molecule is COc1cccc(CNC(=O)c2cc3c(=O)n(CCNC(=O)CCN4CCCCC4)c(=O)n(C)c3s2)c1. The summed E-state index contributed by atoms with van der Waals surface area (Å²) in [5.41, 5.74) is -0.0736. The summed E-state index contributed by atoms with van der Waals surface area (Å²) in [5.74, 6) is 0.271. The number of hydrogen-bond acceptors (Lipinski definition) is 7. The van der Waals surface area contributed by atoms with Crippen LogP contribution in [0.4, 0.5) is 0 Å². The number of hydrogen-bond donors (Lipinski definition) is 2. The second kappa shape index (κ2) is 12.2. The molecule has 0 spiro atoms. The molecular formula is C26H33N5O5S. The van der Waals surface area contributed by atoms with Gasteiger partial charge in [-0.15, -0.1) is 11.3 Å². The van der Waals surface area contributed by atoms with Crippen LogP contribution in [0, 0.1) is 0 Å². The van der Waals surface area contributed by atoms with Crippen LogP contribution in [0.25, 0.3) is 10.2 Å². The van der Waals surface area contributed by atoms with Crippen molar-refractivity contribution in [3.8, 4) is 5.75 Å². The van der Waals surface area contributed by atoms with E-state index in [0.29, 0.717) is 33.8 Å². The zero-order valence-electron chi connectivity index (χ0n) is 21.2. The minimum atomic E-state index is -0.481. The normalized spacial score (nSPS) is 14.0. The van der Waals surface area contributed by atoms with Gasteiger partial charge in [-0.3, -0.25) is 23.5 Å². The van der Waals surface area contributed by atoms with Crippen LogP contribution in [-0.4, -0.2) is 59.1 Å². The number of ether oxygens (including phenoxy) is 1. The Bertz CT molecular complexity index is 1390. The minimum Gasteiger partial charge on any atom is -0.497 e. The second-order valence-corrected chi connectivity index (χ2v) is 10.2. The number of carbonyl (C=O) groups is 2.